The van der Waals surface area contributed by atoms with Gasteiger partial charge in [0.2, 0.25) is 10.0 Å². The number of likely N-dealkylation sites (tertiary alicyclic amines) is 1. The molecule has 1 aliphatic rings. The highest BCUT2D eigenvalue weighted by molar-refractivity contribution is 7.89. The van der Waals surface area contributed by atoms with Crippen LogP contribution in [0.2, 0.25) is 0 Å². The van der Waals surface area contributed by atoms with E-state index in [4.69, 9.17) is 5.14 Å². The SMILES string of the molecule is CC1CCCCN1CCCS(N)(=O)=O. The molecule has 1 heterocycles. The van der Waals surface area contributed by atoms with Gasteiger partial charge in [-0.2, -0.15) is 0 Å². The van der Waals surface area contributed by atoms with Crippen LogP contribution in [0.1, 0.15) is 32.6 Å². The van der Waals surface area contributed by atoms with Gasteiger partial charge in [-0.1, -0.05) is 6.42 Å². The molecule has 0 bridgehead atoms. The Hall–Kier alpha value is -0.130. The number of primary sulfonamides is 1. The van der Waals surface area contributed by atoms with E-state index in [1.807, 2.05) is 0 Å². The van der Waals surface area contributed by atoms with E-state index in [-0.39, 0.29) is 5.75 Å². The highest BCUT2D eigenvalue weighted by Crippen LogP contribution is 2.16. The number of sulfonamides is 1. The molecule has 0 aromatic carbocycles. The molecule has 0 aromatic rings. The van der Waals surface area contributed by atoms with E-state index in [9.17, 15) is 8.42 Å². The first-order valence-corrected chi connectivity index (χ1v) is 6.95. The Labute approximate surface area is 86.5 Å². The summed E-state index contributed by atoms with van der Waals surface area (Å²) in [5.41, 5.74) is 0. The molecule has 2 N–H and O–H groups in total. The maximum atomic E-state index is 10.7. The Balaban J connectivity index is 2.23. The van der Waals surface area contributed by atoms with Gasteiger partial charge >= 0.3 is 0 Å². The second-order valence-electron chi connectivity index (χ2n) is 4.10. The van der Waals surface area contributed by atoms with Crippen LogP contribution in [0, 0.1) is 0 Å². The summed E-state index contributed by atoms with van der Waals surface area (Å²) >= 11 is 0. The number of piperidine rings is 1. The molecule has 0 spiro atoms. The second-order valence-corrected chi connectivity index (χ2v) is 5.84. The highest BCUT2D eigenvalue weighted by atomic mass is 32.2. The average molecular weight is 220 g/mol. The molecular formula is C9H20N2O2S. The molecule has 14 heavy (non-hydrogen) atoms. The van der Waals surface area contributed by atoms with Crippen molar-refractivity contribution >= 4 is 10.0 Å². The lowest BCUT2D eigenvalue weighted by molar-refractivity contribution is 0.161. The number of hydrogen-bond donors (Lipinski definition) is 1. The van der Waals surface area contributed by atoms with E-state index in [1.54, 1.807) is 0 Å². The fourth-order valence-corrected chi connectivity index (χ4v) is 2.49. The Morgan fingerprint density at radius 1 is 1.43 bits per heavy atom. The minimum absolute atomic E-state index is 0.107. The standard InChI is InChI=1S/C9H20N2O2S/c1-9-5-2-3-6-11(9)7-4-8-14(10,12)13/h9H,2-8H2,1H3,(H2,10,12,13). The Kier molecular flexibility index (Phi) is 4.34. The summed E-state index contributed by atoms with van der Waals surface area (Å²) in [6.07, 6.45) is 4.42. The summed E-state index contributed by atoms with van der Waals surface area (Å²) in [7, 11) is -3.27. The zero-order chi connectivity index (χ0) is 10.6. The second kappa shape index (κ2) is 5.09. The summed E-state index contributed by atoms with van der Waals surface area (Å²) in [6, 6.07) is 0.601. The lowest BCUT2D eigenvalue weighted by Gasteiger charge is -2.33. The molecule has 0 radical (unpaired) electrons. The predicted octanol–water partition coefficient (Wildman–Crippen LogP) is 0.539. The summed E-state index contributed by atoms with van der Waals surface area (Å²) < 4.78 is 21.4. The third kappa shape index (κ3) is 4.39. The van der Waals surface area contributed by atoms with Crippen LogP contribution < -0.4 is 5.14 Å². The van der Waals surface area contributed by atoms with Crippen molar-refractivity contribution in [1.29, 1.82) is 0 Å². The topological polar surface area (TPSA) is 63.4 Å². The summed E-state index contributed by atoms with van der Waals surface area (Å²) in [6.45, 7) is 4.17. The van der Waals surface area contributed by atoms with E-state index in [1.165, 1.54) is 19.3 Å². The van der Waals surface area contributed by atoms with Gasteiger partial charge in [-0.15, -0.1) is 0 Å². The van der Waals surface area contributed by atoms with E-state index in [0.717, 1.165) is 13.1 Å². The smallest absolute Gasteiger partial charge is 0.209 e. The lowest BCUT2D eigenvalue weighted by atomic mass is 10.0. The first-order chi connectivity index (χ1) is 6.49. The van der Waals surface area contributed by atoms with E-state index in [2.05, 4.69) is 11.8 Å². The molecule has 0 saturated carbocycles. The van der Waals surface area contributed by atoms with Gasteiger partial charge in [0.15, 0.2) is 0 Å². The van der Waals surface area contributed by atoms with Crippen molar-refractivity contribution in [1.82, 2.24) is 4.90 Å². The monoisotopic (exact) mass is 220 g/mol. The van der Waals surface area contributed by atoms with Crippen LogP contribution >= 0.6 is 0 Å². The highest BCUT2D eigenvalue weighted by Gasteiger charge is 2.17. The minimum atomic E-state index is -3.27. The third-order valence-electron chi connectivity index (χ3n) is 2.81. The van der Waals surface area contributed by atoms with Gasteiger partial charge < -0.3 is 4.90 Å². The van der Waals surface area contributed by atoms with Crippen LogP contribution in [-0.4, -0.2) is 38.2 Å². The first kappa shape index (κ1) is 11.9. The van der Waals surface area contributed by atoms with Gasteiger partial charge in [0.05, 0.1) is 5.75 Å². The fraction of sp³-hybridized carbons (Fsp3) is 1.00. The van der Waals surface area contributed by atoms with Gasteiger partial charge in [-0.25, -0.2) is 13.6 Å². The Morgan fingerprint density at radius 2 is 2.14 bits per heavy atom. The number of hydrogen-bond acceptors (Lipinski definition) is 3. The van der Waals surface area contributed by atoms with Gasteiger partial charge in [-0.3, -0.25) is 0 Å². The van der Waals surface area contributed by atoms with Crippen LogP contribution in [0.4, 0.5) is 0 Å². The van der Waals surface area contributed by atoms with Crippen molar-refractivity contribution in [2.75, 3.05) is 18.8 Å². The van der Waals surface area contributed by atoms with Crippen molar-refractivity contribution in [2.24, 2.45) is 5.14 Å². The predicted molar refractivity (Wildman–Crippen MR) is 57.5 cm³/mol. The zero-order valence-electron chi connectivity index (χ0n) is 8.78. The number of nitrogens with two attached hydrogens (primary N) is 1. The van der Waals surface area contributed by atoms with Crippen molar-refractivity contribution in [3.05, 3.63) is 0 Å². The summed E-state index contributed by atoms with van der Waals surface area (Å²) in [5, 5.41) is 4.94. The van der Waals surface area contributed by atoms with Crippen molar-refractivity contribution < 1.29 is 8.42 Å². The largest absolute Gasteiger partial charge is 0.301 e. The molecule has 1 unspecified atom stereocenters. The molecule has 1 saturated heterocycles. The molecule has 1 aliphatic heterocycles. The van der Waals surface area contributed by atoms with Crippen LogP contribution in [-0.2, 0) is 10.0 Å². The van der Waals surface area contributed by atoms with E-state index < -0.39 is 10.0 Å². The van der Waals surface area contributed by atoms with Crippen molar-refractivity contribution in [2.45, 2.75) is 38.6 Å². The number of nitrogens with zero attached hydrogens (tertiary/aromatic N) is 1. The third-order valence-corrected chi connectivity index (χ3v) is 3.67. The normalized spacial score (nSPS) is 25.1. The molecule has 0 amide bonds. The van der Waals surface area contributed by atoms with Crippen LogP contribution in [0.3, 0.4) is 0 Å². The lowest BCUT2D eigenvalue weighted by Crippen LogP contribution is -2.38. The first-order valence-electron chi connectivity index (χ1n) is 5.23. The van der Waals surface area contributed by atoms with Crippen molar-refractivity contribution in [3.63, 3.8) is 0 Å². The van der Waals surface area contributed by atoms with Gasteiger partial charge in [0.25, 0.3) is 0 Å². The number of rotatable bonds is 4. The average Bonchev–Trinajstić information content (AvgIpc) is 2.06. The van der Waals surface area contributed by atoms with Crippen LogP contribution in [0.5, 0.6) is 0 Å². The molecule has 0 aromatic heterocycles. The van der Waals surface area contributed by atoms with Gasteiger partial charge in [0, 0.05) is 6.04 Å². The molecule has 1 fully saturated rings. The Morgan fingerprint density at radius 3 is 2.71 bits per heavy atom. The van der Waals surface area contributed by atoms with Gasteiger partial charge in [-0.05, 0) is 39.3 Å². The Bertz CT molecular complexity index is 264. The summed E-state index contributed by atoms with van der Waals surface area (Å²) in [4.78, 5) is 2.36. The quantitative estimate of drug-likeness (QED) is 0.752. The molecule has 5 heteroatoms. The maximum Gasteiger partial charge on any atom is 0.209 e. The van der Waals surface area contributed by atoms with Crippen LogP contribution in [0.15, 0.2) is 0 Å². The molecular weight excluding hydrogens is 200 g/mol. The van der Waals surface area contributed by atoms with Gasteiger partial charge in [0.1, 0.15) is 0 Å². The van der Waals surface area contributed by atoms with Crippen LogP contribution in [0.25, 0.3) is 0 Å². The van der Waals surface area contributed by atoms with E-state index >= 15 is 0 Å². The molecule has 4 nitrogen and oxygen atoms in total. The fourth-order valence-electron chi connectivity index (χ4n) is 1.96. The van der Waals surface area contributed by atoms with Crippen molar-refractivity contribution in [3.8, 4) is 0 Å². The molecule has 0 aliphatic carbocycles. The van der Waals surface area contributed by atoms with E-state index in [0.29, 0.717) is 12.5 Å². The maximum absolute atomic E-state index is 10.7. The summed E-state index contributed by atoms with van der Waals surface area (Å²) in [5.74, 6) is 0.107. The molecule has 84 valence electrons. The minimum Gasteiger partial charge on any atom is -0.301 e. The molecule has 1 atom stereocenters. The zero-order valence-corrected chi connectivity index (χ0v) is 9.59. The molecule has 1 rings (SSSR count).